The molecule has 1 aliphatic heterocycles. The Balaban J connectivity index is 0.00000108. The lowest BCUT2D eigenvalue weighted by Gasteiger charge is -2.17. The zero-order valence-corrected chi connectivity index (χ0v) is 10.7. The molecule has 1 aromatic heterocycles. The molecule has 0 aliphatic carbocycles. The van der Waals surface area contributed by atoms with Gasteiger partial charge >= 0.3 is 0 Å². The second kappa shape index (κ2) is 5.08. The number of halogens is 2. The van der Waals surface area contributed by atoms with Crippen LogP contribution in [-0.4, -0.2) is 16.2 Å². The molecule has 0 unspecified atom stereocenters. The van der Waals surface area contributed by atoms with E-state index in [-0.39, 0.29) is 12.4 Å². The standard InChI is InChI=1S/C12H11ClN2O.ClH/c13-10-3-1-9(2-4-10)11-7-14-12-8-16-6-5-15(11)12;/h1-4,7H,5-6,8H2;1H. The van der Waals surface area contributed by atoms with Gasteiger partial charge in [0.2, 0.25) is 0 Å². The number of rotatable bonds is 1. The van der Waals surface area contributed by atoms with E-state index in [1.54, 1.807) is 0 Å². The molecule has 90 valence electrons. The molecular formula is C12H12Cl2N2O. The van der Waals surface area contributed by atoms with Crippen molar-refractivity contribution in [3.8, 4) is 11.3 Å². The summed E-state index contributed by atoms with van der Waals surface area (Å²) < 4.78 is 7.56. The number of ether oxygens (including phenoxy) is 1. The van der Waals surface area contributed by atoms with Gasteiger partial charge in [-0.15, -0.1) is 12.4 Å². The van der Waals surface area contributed by atoms with Crippen molar-refractivity contribution in [1.82, 2.24) is 9.55 Å². The minimum absolute atomic E-state index is 0. The van der Waals surface area contributed by atoms with E-state index in [1.807, 2.05) is 30.5 Å². The molecule has 3 rings (SSSR count). The Bertz CT molecular complexity index is 508. The average molecular weight is 271 g/mol. The van der Waals surface area contributed by atoms with Crippen LogP contribution < -0.4 is 0 Å². The fourth-order valence-electron chi connectivity index (χ4n) is 1.95. The Kier molecular flexibility index (Phi) is 3.72. The Hall–Kier alpha value is -1.03. The number of aromatic nitrogens is 2. The predicted molar refractivity (Wildman–Crippen MR) is 69.6 cm³/mol. The number of imidazole rings is 1. The molecule has 0 radical (unpaired) electrons. The summed E-state index contributed by atoms with van der Waals surface area (Å²) in [5.41, 5.74) is 2.28. The Morgan fingerprint density at radius 3 is 2.76 bits per heavy atom. The van der Waals surface area contributed by atoms with Crippen molar-refractivity contribution in [3.05, 3.63) is 41.3 Å². The summed E-state index contributed by atoms with van der Waals surface area (Å²) in [5, 5.41) is 0.755. The van der Waals surface area contributed by atoms with Crippen molar-refractivity contribution in [2.24, 2.45) is 0 Å². The minimum Gasteiger partial charge on any atom is -0.372 e. The summed E-state index contributed by atoms with van der Waals surface area (Å²) in [6.07, 6.45) is 1.90. The summed E-state index contributed by atoms with van der Waals surface area (Å²) in [5.74, 6) is 0.996. The van der Waals surface area contributed by atoms with Gasteiger partial charge in [0.05, 0.1) is 18.5 Å². The van der Waals surface area contributed by atoms with Gasteiger partial charge in [-0.1, -0.05) is 23.7 Å². The van der Waals surface area contributed by atoms with E-state index in [0.29, 0.717) is 6.61 Å². The van der Waals surface area contributed by atoms with Crippen molar-refractivity contribution in [2.45, 2.75) is 13.2 Å². The minimum atomic E-state index is 0. The summed E-state index contributed by atoms with van der Waals surface area (Å²) in [6.45, 7) is 2.23. The smallest absolute Gasteiger partial charge is 0.135 e. The molecule has 0 fully saturated rings. The molecule has 2 aromatic rings. The molecule has 0 amide bonds. The van der Waals surface area contributed by atoms with Gasteiger partial charge in [-0.2, -0.15) is 0 Å². The first kappa shape index (κ1) is 12.4. The van der Waals surface area contributed by atoms with Gasteiger partial charge in [0.1, 0.15) is 12.4 Å². The summed E-state index contributed by atoms with van der Waals surface area (Å²) >= 11 is 5.87. The number of benzene rings is 1. The van der Waals surface area contributed by atoms with Gasteiger partial charge in [0, 0.05) is 11.6 Å². The third-order valence-corrected chi connectivity index (χ3v) is 3.02. The number of fused-ring (bicyclic) bond motifs is 1. The molecule has 3 nitrogen and oxygen atoms in total. The highest BCUT2D eigenvalue weighted by atomic mass is 35.5. The van der Waals surface area contributed by atoms with Crippen LogP contribution in [0.15, 0.2) is 30.5 Å². The van der Waals surface area contributed by atoms with Crippen molar-refractivity contribution in [1.29, 1.82) is 0 Å². The first-order valence-electron chi connectivity index (χ1n) is 5.23. The molecule has 0 N–H and O–H groups in total. The van der Waals surface area contributed by atoms with E-state index in [9.17, 15) is 0 Å². The van der Waals surface area contributed by atoms with Crippen LogP contribution in [0.2, 0.25) is 5.02 Å². The largest absolute Gasteiger partial charge is 0.372 e. The Morgan fingerprint density at radius 2 is 2.00 bits per heavy atom. The monoisotopic (exact) mass is 270 g/mol. The van der Waals surface area contributed by atoms with Gasteiger partial charge in [-0.05, 0) is 17.7 Å². The summed E-state index contributed by atoms with van der Waals surface area (Å²) in [7, 11) is 0. The average Bonchev–Trinajstić information content (AvgIpc) is 2.74. The third kappa shape index (κ3) is 2.32. The molecule has 1 aromatic carbocycles. The third-order valence-electron chi connectivity index (χ3n) is 2.77. The molecule has 17 heavy (non-hydrogen) atoms. The number of nitrogens with zero attached hydrogens (tertiary/aromatic N) is 2. The highest BCUT2D eigenvalue weighted by molar-refractivity contribution is 6.30. The highest BCUT2D eigenvalue weighted by Crippen LogP contribution is 2.24. The fraction of sp³-hybridized carbons (Fsp3) is 0.250. The zero-order valence-electron chi connectivity index (χ0n) is 9.10. The van der Waals surface area contributed by atoms with Crippen molar-refractivity contribution < 1.29 is 4.74 Å². The molecule has 5 heteroatoms. The first-order valence-corrected chi connectivity index (χ1v) is 5.60. The molecule has 0 atom stereocenters. The lowest BCUT2D eigenvalue weighted by atomic mass is 10.1. The second-order valence-corrected chi connectivity index (χ2v) is 4.21. The van der Waals surface area contributed by atoms with E-state index in [2.05, 4.69) is 9.55 Å². The highest BCUT2D eigenvalue weighted by Gasteiger charge is 2.14. The molecular weight excluding hydrogens is 259 g/mol. The quantitative estimate of drug-likeness (QED) is 0.796. The van der Waals surface area contributed by atoms with Crippen LogP contribution in [0.25, 0.3) is 11.3 Å². The van der Waals surface area contributed by atoms with Crippen LogP contribution in [0, 0.1) is 0 Å². The molecule has 2 heterocycles. The van der Waals surface area contributed by atoms with Crippen molar-refractivity contribution >= 4 is 24.0 Å². The lowest BCUT2D eigenvalue weighted by molar-refractivity contribution is 0.0821. The van der Waals surface area contributed by atoms with Gasteiger partial charge in [-0.25, -0.2) is 4.98 Å². The van der Waals surface area contributed by atoms with Gasteiger partial charge in [0.25, 0.3) is 0 Å². The maximum absolute atomic E-state index is 5.87. The number of hydrogen-bond donors (Lipinski definition) is 0. The lowest BCUT2D eigenvalue weighted by Crippen LogP contribution is -2.17. The topological polar surface area (TPSA) is 27.1 Å². The van der Waals surface area contributed by atoms with Crippen molar-refractivity contribution in [2.75, 3.05) is 6.61 Å². The maximum atomic E-state index is 5.87. The van der Waals surface area contributed by atoms with Gasteiger partial charge < -0.3 is 9.30 Å². The van der Waals surface area contributed by atoms with E-state index in [1.165, 1.54) is 0 Å². The Labute approximate surface area is 111 Å². The van der Waals surface area contributed by atoms with E-state index in [4.69, 9.17) is 16.3 Å². The SMILES string of the molecule is Cl.Clc1ccc(-c2cnc3n2CCOC3)cc1. The molecule has 0 saturated heterocycles. The summed E-state index contributed by atoms with van der Waals surface area (Å²) in [4.78, 5) is 4.36. The van der Waals surface area contributed by atoms with Crippen LogP contribution >= 0.6 is 24.0 Å². The van der Waals surface area contributed by atoms with Gasteiger partial charge in [0.15, 0.2) is 0 Å². The number of hydrogen-bond acceptors (Lipinski definition) is 2. The fourth-order valence-corrected chi connectivity index (χ4v) is 2.08. The zero-order chi connectivity index (χ0) is 11.0. The van der Waals surface area contributed by atoms with Crippen LogP contribution in [0.3, 0.4) is 0 Å². The van der Waals surface area contributed by atoms with Crippen LogP contribution in [0.4, 0.5) is 0 Å². The molecule has 0 bridgehead atoms. The molecule has 0 saturated carbocycles. The predicted octanol–water partition coefficient (Wildman–Crippen LogP) is 3.16. The van der Waals surface area contributed by atoms with Crippen LogP contribution in [0.1, 0.15) is 5.82 Å². The van der Waals surface area contributed by atoms with Crippen molar-refractivity contribution in [3.63, 3.8) is 0 Å². The van der Waals surface area contributed by atoms with E-state index >= 15 is 0 Å². The first-order chi connectivity index (χ1) is 7.84. The van der Waals surface area contributed by atoms with Crippen LogP contribution in [-0.2, 0) is 17.9 Å². The molecule has 1 aliphatic rings. The molecule has 0 spiro atoms. The van der Waals surface area contributed by atoms with Gasteiger partial charge in [-0.3, -0.25) is 0 Å². The second-order valence-electron chi connectivity index (χ2n) is 3.77. The normalized spacial score (nSPS) is 13.9. The van der Waals surface area contributed by atoms with E-state index in [0.717, 1.165) is 35.3 Å². The Morgan fingerprint density at radius 1 is 1.24 bits per heavy atom. The summed E-state index contributed by atoms with van der Waals surface area (Å²) in [6, 6.07) is 7.83. The maximum Gasteiger partial charge on any atom is 0.135 e. The van der Waals surface area contributed by atoms with E-state index < -0.39 is 0 Å². The van der Waals surface area contributed by atoms with Crippen LogP contribution in [0.5, 0.6) is 0 Å².